The number of rotatable bonds is 5. The van der Waals surface area contributed by atoms with Crippen molar-refractivity contribution in [2.75, 3.05) is 19.0 Å². The SMILES string of the molecule is O=S(=O)(CC[C@@H]1OCC[C@@]2(S(=O)(=O)c3ccc(Cl)cc3)c3c(F)ccc(F)c3OC[C@@H]12)C(F)(F)F. The van der Waals surface area contributed by atoms with Gasteiger partial charge in [-0.15, -0.1) is 0 Å². The van der Waals surface area contributed by atoms with E-state index in [1.807, 2.05) is 0 Å². The van der Waals surface area contributed by atoms with Crippen LogP contribution < -0.4 is 4.74 Å². The highest BCUT2D eigenvalue weighted by molar-refractivity contribution is 7.92. The topological polar surface area (TPSA) is 86.7 Å². The molecule has 2 aliphatic heterocycles. The molecule has 0 radical (unpaired) electrons. The number of hydrogen-bond acceptors (Lipinski definition) is 6. The zero-order valence-corrected chi connectivity index (χ0v) is 20.1. The van der Waals surface area contributed by atoms with E-state index >= 15 is 4.39 Å². The van der Waals surface area contributed by atoms with Gasteiger partial charge in [0.15, 0.2) is 21.4 Å². The molecule has 0 spiro atoms. The van der Waals surface area contributed by atoms with Gasteiger partial charge in [0.1, 0.15) is 10.6 Å². The van der Waals surface area contributed by atoms with Gasteiger partial charge in [-0.3, -0.25) is 0 Å². The Morgan fingerprint density at radius 2 is 1.63 bits per heavy atom. The molecule has 0 N–H and O–H groups in total. The van der Waals surface area contributed by atoms with Crippen molar-refractivity contribution in [3.8, 4) is 5.75 Å². The van der Waals surface area contributed by atoms with Crippen LogP contribution in [0.4, 0.5) is 22.0 Å². The standard InChI is InChI=1S/C21H18ClF5O6S2/c22-12-1-3-13(4-2-12)35(30,31)20-8-9-32-17(7-10-34(28,29)21(25,26)27)14(20)11-33-19-16(24)6-5-15(23)18(19)20/h1-6,14,17H,7-11H2/t14-,17-,20-/m0/s1. The zero-order chi connectivity index (χ0) is 25.8. The molecular weight excluding hydrogens is 543 g/mol. The predicted octanol–water partition coefficient (Wildman–Crippen LogP) is 4.41. The summed E-state index contributed by atoms with van der Waals surface area (Å²) < 4.78 is 128. The van der Waals surface area contributed by atoms with Gasteiger partial charge in [0, 0.05) is 17.5 Å². The minimum atomic E-state index is -5.54. The maximum Gasteiger partial charge on any atom is 0.497 e. The molecule has 0 aromatic heterocycles. The Labute approximate surface area is 202 Å². The number of ether oxygens (including phenoxy) is 2. The van der Waals surface area contributed by atoms with Crippen molar-refractivity contribution >= 4 is 31.3 Å². The van der Waals surface area contributed by atoms with Crippen LogP contribution in [0.25, 0.3) is 0 Å². The van der Waals surface area contributed by atoms with Crippen molar-refractivity contribution in [1.29, 1.82) is 0 Å². The molecule has 0 bridgehead atoms. The van der Waals surface area contributed by atoms with Crippen molar-refractivity contribution in [3.05, 3.63) is 58.6 Å². The van der Waals surface area contributed by atoms with Crippen LogP contribution in [0.2, 0.25) is 5.02 Å². The van der Waals surface area contributed by atoms with Crippen LogP contribution in [-0.2, 0) is 29.2 Å². The van der Waals surface area contributed by atoms with Gasteiger partial charge >= 0.3 is 5.51 Å². The van der Waals surface area contributed by atoms with E-state index in [4.69, 9.17) is 21.1 Å². The molecule has 35 heavy (non-hydrogen) atoms. The van der Waals surface area contributed by atoms with Crippen molar-refractivity contribution in [2.45, 2.75) is 34.1 Å². The van der Waals surface area contributed by atoms with Crippen molar-refractivity contribution < 1.29 is 48.3 Å². The van der Waals surface area contributed by atoms with E-state index in [0.717, 1.165) is 12.1 Å². The Bertz CT molecular complexity index is 1350. The number of fused-ring (bicyclic) bond motifs is 3. The maximum atomic E-state index is 15.2. The van der Waals surface area contributed by atoms with Crippen LogP contribution in [0, 0.1) is 17.6 Å². The fraction of sp³-hybridized carbons (Fsp3) is 0.429. The van der Waals surface area contributed by atoms with E-state index in [9.17, 15) is 34.4 Å². The fourth-order valence-electron chi connectivity index (χ4n) is 4.72. The lowest BCUT2D eigenvalue weighted by molar-refractivity contribution is -0.0742. The second-order valence-electron chi connectivity index (χ2n) is 8.21. The van der Waals surface area contributed by atoms with Crippen LogP contribution in [0.15, 0.2) is 41.3 Å². The van der Waals surface area contributed by atoms with Gasteiger partial charge in [0.2, 0.25) is 9.84 Å². The van der Waals surface area contributed by atoms with E-state index in [0.29, 0.717) is 0 Å². The molecular formula is C21H18ClF5O6S2. The molecule has 6 nitrogen and oxygen atoms in total. The largest absolute Gasteiger partial charge is 0.497 e. The van der Waals surface area contributed by atoms with Gasteiger partial charge in [-0.05, 0) is 49.2 Å². The first-order chi connectivity index (χ1) is 16.2. The molecule has 4 rings (SSSR count). The Balaban J connectivity index is 1.88. The highest BCUT2D eigenvalue weighted by Gasteiger charge is 2.62. The third-order valence-corrected chi connectivity index (χ3v) is 10.7. The van der Waals surface area contributed by atoms with Crippen LogP contribution >= 0.6 is 11.6 Å². The van der Waals surface area contributed by atoms with Gasteiger partial charge in [-0.2, -0.15) is 13.2 Å². The molecule has 0 amide bonds. The van der Waals surface area contributed by atoms with Crippen LogP contribution in [0.5, 0.6) is 5.75 Å². The third kappa shape index (κ3) is 4.19. The fourth-order valence-corrected chi connectivity index (χ4v) is 7.97. The highest BCUT2D eigenvalue weighted by Crippen LogP contribution is 2.56. The first-order valence-corrected chi connectivity index (χ1v) is 13.8. The summed E-state index contributed by atoms with van der Waals surface area (Å²) in [6, 6.07) is 6.42. The van der Waals surface area contributed by atoms with E-state index in [1.165, 1.54) is 24.3 Å². The van der Waals surface area contributed by atoms with Crippen molar-refractivity contribution in [3.63, 3.8) is 0 Å². The van der Waals surface area contributed by atoms with Crippen LogP contribution in [0.1, 0.15) is 18.4 Å². The lowest BCUT2D eigenvalue weighted by Gasteiger charge is -2.50. The summed E-state index contributed by atoms with van der Waals surface area (Å²) in [7, 11) is -10.1. The average molecular weight is 561 g/mol. The van der Waals surface area contributed by atoms with Gasteiger partial charge in [0.05, 0.1) is 28.9 Å². The second kappa shape index (κ2) is 8.86. The zero-order valence-electron chi connectivity index (χ0n) is 17.7. The molecule has 2 aromatic carbocycles. The Morgan fingerprint density at radius 3 is 2.26 bits per heavy atom. The van der Waals surface area contributed by atoms with Crippen LogP contribution in [0.3, 0.4) is 0 Å². The first-order valence-electron chi connectivity index (χ1n) is 10.2. The highest BCUT2D eigenvalue weighted by atomic mass is 35.5. The summed E-state index contributed by atoms with van der Waals surface area (Å²) in [5, 5.41) is 0.213. The Hall–Kier alpha value is -1.96. The molecule has 2 aliphatic rings. The van der Waals surface area contributed by atoms with Crippen LogP contribution in [-0.4, -0.2) is 47.4 Å². The lowest BCUT2D eigenvalue weighted by Crippen LogP contribution is -2.57. The van der Waals surface area contributed by atoms with E-state index in [2.05, 4.69) is 0 Å². The lowest BCUT2D eigenvalue weighted by atomic mass is 9.75. The molecule has 1 fully saturated rings. The van der Waals surface area contributed by atoms with E-state index in [1.54, 1.807) is 0 Å². The normalized spacial score (nSPS) is 24.9. The van der Waals surface area contributed by atoms with Gasteiger partial charge in [0.25, 0.3) is 0 Å². The first kappa shape index (κ1) is 26.1. The quantitative estimate of drug-likeness (QED) is 0.504. The van der Waals surface area contributed by atoms with Gasteiger partial charge in [-0.25, -0.2) is 25.6 Å². The van der Waals surface area contributed by atoms with Crippen molar-refractivity contribution in [1.82, 2.24) is 0 Å². The molecule has 14 heteroatoms. The van der Waals surface area contributed by atoms with Gasteiger partial charge in [-0.1, -0.05) is 11.6 Å². The molecule has 0 saturated carbocycles. The number of sulfone groups is 2. The van der Waals surface area contributed by atoms with E-state index in [-0.39, 0.29) is 22.9 Å². The summed E-state index contributed by atoms with van der Waals surface area (Å²) in [6.07, 6.45) is -2.49. The summed E-state index contributed by atoms with van der Waals surface area (Å²) in [4.78, 5) is -0.285. The summed E-state index contributed by atoms with van der Waals surface area (Å²) in [6.45, 7) is -0.924. The molecule has 0 unspecified atom stereocenters. The molecule has 0 aliphatic carbocycles. The number of halogens is 6. The second-order valence-corrected chi connectivity index (χ2v) is 13.0. The molecule has 2 heterocycles. The number of hydrogen-bond donors (Lipinski definition) is 0. The Kier molecular flexibility index (Phi) is 6.61. The molecule has 192 valence electrons. The molecule has 1 saturated heterocycles. The summed E-state index contributed by atoms with van der Waals surface area (Å²) in [5.41, 5.74) is -6.12. The number of alkyl halides is 3. The maximum absolute atomic E-state index is 15.2. The third-order valence-electron chi connectivity index (χ3n) is 6.37. The molecule has 2 aromatic rings. The monoisotopic (exact) mass is 560 g/mol. The summed E-state index contributed by atoms with van der Waals surface area (Å²) in [5.74, 6) is -5.46. The predicted molar refractivity (Wildman–Crippen MR) is 114 cm³/mol. The Morgan fingerprint density at radius 1 is 1.00 bits per heavy atom. The van der Waals surface area contributed by atoms with Gasteiger partial charge < -0.3 is 9.47 Å². The minimum Gasteiger partial charge on any atom is -0.490 e. The minimum absolute atomic E-state index is 0.213. The average Bonchev–Trinajstić information content (AvgIpc) is 2.79. The van der Waals surface area contributed by atoms with E-state index < -0.39 is 83.7 Å². The smallest absolute Gasteiger partial charge is 0.490 e. The summed E-state index contributed by atoms with van der Waals surface area (Å²) >= 11 is 5.86. The number of benzene rings is 2. The van der Waals surface area contributed by atoms with Crippen molar-refractivity contribution in [2.24, 2.45) is 5.92 Å². The molecule has 3 atom stereocenters.